The second-order valence-electron chi connectivity index (χ2n) is 5.57. The number of nitrogens with one attached hydrogen (secondary N) is 1. The van der Waals surface area contributed by atoms with Crippen molar-refractivity contribution in [1.82, 2.24) is 10.2 Å². The van der Waals surface area contributed by atoms with Crippen LogP contribution < -0.4 is 5.32 Å². The predicted molar refractivity (Wildman–Crippen MR) is 84.9 cm³/mol. The molecule has 0 saturated carbocycles. The molecule has 0 aromatic heterocycles. The van der Waals surface area contributed by atoms with Gasteiger partial charge in [-0.2, -0.15) is 0 Å². The molecule has 0 bridgehead atoms. The molecule has 22 heavy (non-hydrogen) atoms. The Balaban J connectivity index is 2.10. The molecule has 1 heterocycles. The standard InChI is InChI=1S/C16H21ClN2O3/c1-11(20)18-14-7-8-19(16(21)22-2)15(10-14)9-12-3-5-13(17)6-4-12/h3-6,14-15H,7-10H2,1-2H3,(H,18,20)/t14-,15+/m1/s1. The summed E-state index contributed by atoms with van der Waals surface area (Å²) in [6.07, 6.45) is 1.85. The number of rotatable bonds is 3. The Kier molecular flexibility index (Phi) is 5.66. The lowest BCUT2D eigenvalue weighted by Gasteiger charge is -2.38. The number of carbonyl (C=O) groups excluding carboxylic acids is 2. The van der Waals surface area contributed by atoms with E-state index in [4.69, 9.17) is 16.3 Å². The van der Waals surface area contributed by atoms with Gasteiger partial charge in [0.05, 0.1) is 7.11 Å². The van der Waals surface area contributed by atoms with Crippen LogP contribution in [0.4, 0.5) is 4.79 Å². The number of hydrogen-bond donors (Lipinski definition) is 1. The van der Waals surface area contributed by atoms with Crippen LogP contribution in [0.1, 0.15) is 25.3 Å². The minimum absolute atomic E-state index is 0.000717. The Morgan fingerprint density at radius 1 is 1.36 bits per heavy atom. The fraction of sp³-hybridized carbons (Fsp3) is 0.500. The van der Waals surface area contributed by atoms with Gasteiger partial charge in [-0.3, -0.25) is 4.79 Å². The van der Waals surface area contributed by atoms with E-state index in [-0.39, 0.29) is 24.1 Å². The summed E-state index contributed by atoms with van der Waals surface area (Å²) in [6, 6.07) is 7.69. The van der Waals surface area contributed by atoms with Crippen molar-refractivity contribution in [3.63, 3.8) is 0 Å². The maximum Gasteiger partial charge on any atom is 0.409 e. The Morgan fingerprint density at radius 2 is 2.05 bits per heavy atom. The molecule has 1 saturated heterocycles. The second kappa shape index (κ2) is 7.49. The number of methoxy groups -OCH3 is 1. The largest absolute Gasteiger partial charge is 0.453 e. The fourth-order valence-corrected chi connectivity index (χ4v) is 3.04. The molecule has 0 radical (unpaired) electrons. The zero-order valence-electron chi connectivity index (χ0n) is 12.8. The maximum absolute atomic E-state index is 11.9. The number of likely N-dealkylation sites (tertiary alicyclic amines) is 1. The number of hydrogen-bond acceptors (Lipinski definition) is 3. The van der Waals surface area contributed by atoms with Crippen molar-refractivity contribution >= 4 is 23.6 Å². The van der Waals surface area contributed by atoms with Crippen molar-refractivity contribution in [3.8, 4) is 0 Å². The zero-order valence-corrected chi connectivity index (χ0v) is 13.6. The Bertz CT molecular complexity index is 533. The van der Waals surface area contributed by atoms with Crippen molar-refractivity contribution in [2.24, 2.45) is 0 Å². The molecular weight excluding hydrogens is 304 g/mol. The Labute approximate surface area is 135 Å². The predicted octanol–water partition coefficient (Wildman–Crippen LogP) is 2.62. The van der Waals surface area contributed by atoms with Gasteiger partial charge >= 0.3 is 6.09 Å². The van der Waals surface area contributed by atoms with E-state index in [0.717, 1.165) is 18.4 Å². The van der Waals surface area contributed by atoms with Crippen LogP contribution in [0.15, 0.2) is 24.3 Å². The van der Waals surface area contributed by atoms with Crippen molar-refractivity contribution in [2.75, 3.05) is 13.7 Å². The summed E-state index contributed by atoms with van der Waals surface area (Å²) in [6.45, 7) is 2.09. The molecule has 2 amide bonds. The van der Waals surface area contributed by atoms with Crippen LogP contribution in [0.25, 0.3) is 0 Å². The van der Waals surface area contributed by atoms with Crippen molar-refractivity contribution < 1.29 is 14.3 Å². The van der Waals surface area contributed by atoms with Crippen LogP contribution >= 0.6 is 11.6 Å². The number of ether oxygens (including phenoxy) is 1. The maximum atomic E-state index is 11.9. The molecule has 1 aliphatic rings. The summed E-state index contributed by atoms with van der Waals surface area (Å²) in [5.74, 6) is -0.0400. The lowest BCUT2D eigenvalue weighted by molar-refractivity contribution is -0.120. The molecule has 0 aliphatic carbocycles. The zero-order chi connectivity index (χ0) is 16.1. The summed E-state index contributed by atoms with van der Waals surface area (Å²) in [4.78, 5) is 24.9. The van der Waals surface area contributed by atoms with Gasteiger partial charge in [0, 0.05) is 30.6 Å². The van der Waals surface area contributed by atoms with Crippen molar-refractivity contribution in [3.05, 3.63) is 34.9 Å². The van der Waals surface area contributed by atoms with Crippen LogP contribution in [0.2, 0.25) is 5.02 Å². The highest BCUT2D eigenvalue weighted by atomic mass is 35.5. The molecule has 5 nitrogen and oxygen atoms in total. The summed E-state index contributed by atoms with van der Waals surface area (Å²) in [5.41, 5.74) is 1.10. The molecule has 1 aromatic rings. The van der Waals surface area contributed by atoms with Crippen LogP contribution in [-0.4, -0.2) is 42.6 Å². The molecule has 1 fully saturated rings. The van der Waals surface area contributed by atoms with E-state index in [1.807, 2.05) is 24.3 Å². The van der Waals surface area contributed by atoms with Crippen LogP contribution in [-0.2, 0) is 16.0 Å². The van der Waals surface area contributed by atoms with E-state index >= 15 is 0 Å². The van der Waals surface area contributed by atoms with E-state index in [0.29, 0.717) is 18.0 Å². The molecule has 1 N–H and O–H groups in total. The normalized spacial score (nSPS) is 21.3. The second-order valence-corrected chi connectivity index (χ2v) is 6.01. The van der Waals surface area contributed by atoms with E-state index < -0.39 is 0 Å². The monoisotopic (exact) mass is 324 g/mol. The molecular formula is C16H21ClN2O3. The number of carbonyl (C=O) groups is 2. The Hall–Kier alpha value is -1.75. The third-order valence-corrected chi connectivity index (χ3v) is 4.17. The number of halogens is 1. The topological polar surface area (TPSA) is 58.6 Å². The summed E-state index contributed by atoms with van der Waals surface area (Å²) in [5, 5.41) is 3.63. The smallest absolute Gasteiger partial charge is 0.409 e. The average molecular weight is 325 g/mol. The third-order valence-electron chi connectivity index (χ3n) is 3.92. The van der Waals surface area contributed by atoms with Gasteiger partial charge in [-0.05, 0) is 37.0 Å². The minimum Gasteiger partial charge on any atom is -0.453 e. The third kappa shape index (κ3) is 4.37. The molecule has 1 aliphatic heterocycles. The summed E-state index contributed by atoms with van der Waals surface area (Å²) >= 11 is 5.90. The van der Waals surface area contributed by atoms with E-state index in [1.54, 1.807) is 4.90 Å². The highest BCUT2D eigenvalue weighted by Crippen LogP contribution is 2.23. The van der Waals surface area contributed by atoms with Gasteiger partial charge in [0.2, 0.25) is 5.91 Å². The van der Waals surface area contributed by atoms with E-state index in [2.05, 4.69) is 5.32 Å². The van der Waals surface area contributed by atoms with E-state index in [9.17, 15) is 9.59 Å². The quantitative estimate of drug-likeness (QED) is 0.929. The van der Waals surface area contributed by atoms with Gasteiger partial charge in [-0.25, -0.2) is 4.79 Å². The van der Waals surface area contributed by atoms with Gasteiger partial charge < -0.3 is 15.0 Å². The number of piperidine rings is 1. The van der Waals surface area contributed by atoms with Crippen molar-refractivity contribution in [2.45, 2.75) is 38.3 Å². The van der Waals surface area contributed by atoms with Gasteiger partial charge in [0.25, 0.3) is 0 Å². The summed E-state index contributed by atoms with van der Waals surface area (Å²) in [7, 11) is 1.39. The van der Waals surface area contributed by atoms with Crippen LogP contribution in [0.5, 0.6) is 0 Å². The lowest BCUT2D eigenvalue weighted by atomic mass is 9.92. The first-order valence-corrected chi connectivity index (χ1v) is 7.73. The van der Waals surface area contributed by atoms with Crippen LogP contribution in [0.3, 0.4) is 0 Å². The van der Waals surface area contributed by atoms with Gasteiger partial charge in [-0.1, -0.05) is 23.7 Å². The molecule has 2 rings (SSSR count). The highest BCUT2D eigenvalue weighted by molar-refractivity contribution is 6.30. The first kappa shape index (κ1) is 16.6. The van der Waals surface area contributed by atoms with Gasteiger partial charge in [0.1, 0.15) is 0 Å². The average Bonchev–Trinajstić information content (AvgIpc) is 2.48. The van der Waals surface area contributed by atoms with Gasteiger partial charge in [-0.15, -0.1) is 0 Å². The van der Waals surface area contributed by atoms with Gasteiger partial charge in [0.15, 0.2) is 0 Å². The fourth-order valence-electron chi connectivity index (χ4n) is 2.91. The minimum atomic E-state index is -0.319. The highest BCUT2D eigenvalue weighted by Gasteiger charge is 2.32. The Morgan fingerprint density at radius 3 is 2.64 bits per heavy atom. The molecule has 0 spiro atoms. The molecule has 6 heteroatoms. The first-order chi connectivity index (χ1) is 10.5. The molecule has 1 aromatic carbocycles. The number of nitrogens with zero attached hydrogens (tertiary/aromatic N) is 1. The number of amides is 2. The van der Waals surface area contributed by atoms with E-state index in [1.165, 1.54) is 14.0 Å². The molecule has 2 atom stereocenters. The van der Waals surface area contributed by atoms with Crippen molar-refractivity contribution in [1.29, 1.82) is 0 Å². The molecule has 120 valence electrons. The first-order valence-electron chi connectivity index (χ1n) is 7.35. The lowest BCUT2D eigenvalue weighted by Crippen LogP contribution is -2.52. The number of benzene rings is 1. The van der Waals surface area contributed by atoms with Crippen LogP contribution in [0, 0.1) is 0 Å². The summed E-state index contributed by atoms with van der Waals surface area (Å²) < 4.78 is 4.87. The molecule has 0 unspecified atom stereocenters. The SMILES string of the molecule is COC(=O)N1CC[C@@H](NC(C)=O)C[C@@H]1Cc1ccc(Cl)cc1.